The quantitative estimate of drug-likeness (QED) is 0.538. The van der Waals surface area contributed by atoms with Crippen LogP contribution in [0.25, 0.3) is 0 Å². The van der Waals surface area contributed by atoms with Gasteiger partial charge >= 0.3 is 0 Å². The highest BCUT2D eigenvalue weighted by Gasteiger charge is 2.31. The minimum Gasteiger partial charge on any atom is -0.493 e. The number of amides is 1. The van der Waals surface area contributed by atoms with Crippen LogP contribution in [0, 0.1) is 6.92 Å². The second-order valence-corrected chi connectivity index (χ2v) is 8.04. The normalized spacial score (nSPS) is 15.7. The lowest BCUT2D eigenvalue weighted by Crippen LogP contribution is -2.30. The van der Waals surface area contributed by atoms with E-state index in [4.69, 9.17) is 13.9 Å². The van der Waals surface area contributed by atoms with Crippen molar-refractivity contribution in [2.45, 2.75) is 32.4 Å². The van der Waals surface area contributed by atoms with Crippen molar-refractivity contribution in [3.8, 4) is 11.5 Å². The number of benzene rings is 2. The number of nitrogens with zero attached hydrogens (tertiary/aromatic N) is 1. The molecule has 0 bridgehead atoms. The highest BCUT2D eigenvalue weighted by atomic mass is 32.2. The summed E-state index contributed by atoms with van der Waals surface area (Å²) in [6, 6.07) is 16.6. The Labute approximate surface area is 184 Å². The summed E-state index contributed by atoms with van der Waals surface area (Å²) in [6.45, 7) is 2.61. The van der Waals surface area contributed by atoms with Gasteiger partial charge in [-0.3, -0.25) is 9.59 Å². The molecule has 0 saturated carbocycles. The van der Waals surface area contributed by atoms with Crippen LogP contribution in [-0.2, 0) is 24.2 Å². The maximum atomic E-state index is 11.7. The summed E-state index contributed by atoms with van der Waals surface area (Å²) in [6.07, 6.45) is 1.09. The van der Waals surface area contributed by atoms with Gasteiger partial charge < -0.3 is 19.2 Å². The topological polar surface area (TPSA) is 90.7 Å². The number of thioether (sulfide) groups is 1. The second-order valence-electron chi connectivity index (χ2n) is 7.06. The van der Waals surface area contributed by atoms with Crippen molar-refractivity contribution in [3.05, 3.63) is 77.5 Å². The second kappa shape index (κ2) is 9.70. The minimum absolute atomic E-state index is 0.137. The van der Waals surface area contributed by atoms with Gasteiger partial charge in [-0.25, -0.2) is 4.98 Å². The molecule has 7 nitrogen and oxygen atoms in total. The van der Waals surface area contributed by atoms with Gasteiger partial charge in [0.05, 0.1) is 12.3 Å². The Morgan fingerprint density at radius 3 is 2.48 bits per heavy atom. The first kappa shape index (κ1) is 21.0. The zero-order chi connectivity index (χ0) is 21.6. The number of rotatable bonds is 9. The molecule has 160 valence electrons. The zero-order valence-corrected chi connectivity index (χ0v) is 17.8. The largest absolute Gasteiger partial charge is 0.493 e. The minimum atomic E-state index is -0.459. The summed E-state index contributed by atoms with van der Waals surface area (Å²) in [7, 11) is 0. The lowest BCUT2D eigenvalue weighted by Gasteiger charge is -2.09. The SMILES string of the molecule is Cc1oc(COc2ccccc2)nc1CCOc1ccc(CC2NC(=O)SC2=O)cc1. The lowest BCUT2D eigenvalue weighted by atomic mass is 10.1. The van der Waals surface area contributed by atoms with Crippen LogP contribution in [-0.4, -0.2) is 28.0 Å². The zero-order valence-electron chi connectivity index (χ0n) is 17.0. The van der Waals surface area contributed by atoms with E-state index >= 15 is 0 Å². The van der Waals surface area contributed by atoms with Crippen LogP contribution in [0.4, 0.5) is 4.79 Å². The Kier molecular flexibility index (Phi) is 6.57. The first-order valence-corrected chi connectivity index (χ1v) is 10.8. The molecule has 0 spiro atoms. The molecule has 1 amide bonds. The van der Waals surface area contributed by atoms with Gasteiger partial charge in [0.1, 0.15) is 23.3 Å². The Balaban J connectivity index is 1.24. The van der Waals surface area contributed by atoms with E-state index in [-0.39, 0.29) is 17.0 Å². The van der Waals surface area contributed by atoms with Crippen LogP contribution in [0.15, 0.2) is 59.0 Å². The third kappa shape index (κ3) is 5.67. The molecule has 1 unspecified atom stereocenters. The van der Waals surface area contributed by atoms with Crippen molar-refractivity contribution >= 4 is 22.1 Å². The predicted molar refractivity (Wildman–Crippen MR) is 116 cm³/mol. The summed E-state index contributed by atoms with van der Waals surface area (Å²) in [5, 5.41) is 2.24. The fraction of sp³-hybridized carbons (Fsp3) is 0.261. The molecule has 31 heavy (non-hydrogen) atoms. The number of oxazole rings is 1. The van der Waals surface area contributed by atoms with Crippen LogP contribution in [0.3, 0.4) is 0 Å². The number of hydrogen-bond donors (Lipinski definition) is 1. The summed E-state index contributed by atoms with van der Waals surface area (Å²) in [5.41, 5.74) is 1.81. The molecule has 1 fully saturated rings. The van der Waals surface area contributed by atoms with Gasteiger partial charge in [0.15, 0.2) is 6.61 Å². The Bertz CT molecular complexity index is 1050. The van der Waals surface area contributed by atoms with Gasteiger partial charge in [-0.05, 0) is 36.8 Å². The van der Waals surface area contributed by atoms with E-state index in [1.807, 2.05) is 61.5 Å². The molecule has 1 N–H and O–H groups in total. The molecule has 0 radical (unpaired) electrons. The molecular weight excluding hydrogens is 416 g/mol. The molecular formula is C23H22N2O5S. The summed E-state index contributed by atoms with van der Waals surface area (Å²) in [5.74, 6) is 2.79. The van der Waals surface area contributed by atoms with Crippen LogP contribution in [0.5, 0.6) is 11.5 Å². The van der Waals surface area contributed by atoms with E-state index in [2.05, 4.69) is 10.3 Å². The smallest absolute Gasteiger partial charge is 0.287 e. The molecule has 1 atom stereocenters. The Morgan fingerprint density at radius 2 is 1.77 bits per heavy atom. The molecule has 1 aliphatic rings. The van der Waals surface area contributed by atoms with Gasteiger partial charge in [-0.15, -0.1) is 0 Å². The average Bonchev–Trinajstić information content (AvgIpc) is 3.29. The van der Waals surface area contributed by atoms with Crippen LogP contribution in [0.1, 0.15) is 22.9 Å². The Hall–Kier alpha value is -3.26. The van der Waals surface area contributed by atoms with Crippen molar-refractivity contribution < 1.29 is 23.5 Å². The van der Waals surface area contributed by atoms with E-state index in [0.29, 0.717) is 25.3 Å². The van der Waals surface area contributed by atoms with Crippen molar-refractivity contribution in [1.82, 2.24) is 10.3 Å². The number of hydrogen-bond acceptors (Lipinski definition) is 7. The monoisotopic (exact) mass is 438 g/mol. The van der Waals surface area contributed by atoms with E-state index in [0.717, 1.165) is 40.3 Å². The lowest BCUT2D eigenvalue weighted by molar-refractivity contribution is -0.112. The van der Waals surface area contributed by atoms with Crippen LogP contribution < -0.4 is 14.8 Å². The van der Waals surface area contributed by atoms with Gasteiger partial charge in [0, 0.05) is 24.6 Å². The molecule has 2 heterocycles. The van der Waals surface area contributed by atoms with E-state index in [1.165, 1.54) is 0 Å². The first-order chi connectivity index (χ1) is 15.1. The maximum absolute atomic E-state index is 11.7. The number of aryl methyl sites for hydroxylation is 1. The number of aromatic nitrogens is 1. The fourth-order valence-electron chi connectivity index (χ4n) is 3.19. The van der Waals surface area contributed by atoms with E-state index in [1.54, 1.807) is 0 Å². The molecule has 1 saturated heterocycles. The van der Waals surface area contributed by atoms with Gasteiger partial charge in [0.2, 0.25) is 11.0 Å². The standard InChI is InChI=1S/C23H22N2O5S/c1-15-19(24-21(30-15)14-29-17-5-3-2-4-6-17)11-12-28-18-9-7-16(8-10-18)13-20-22(26)31-23(27)25-20/h2-10,20H,11-14H2,1H3,(H,25,27). The van der Waals surface area contributed by atoms with Crippen molar-refractivity contribution in [2.75, 3.05) is 6.61 Å². The predicted octanol–water partition coefficient (Wildman–Crippen LogP) is 4.08. The molecule has 2 aromatic carbocycles. The number of carbonyl (C=O) groups is 2. The summed E-state index contributed by atoms with van der Waals surface area (Å²) in [4.78, 5) is 27.5. The molecule has 0 aliphatic carbocycles. The number of para-hydroxylation sites is 1. The van der Waals surface area contributed by atoms with Crippen molar-refractivity contribution in [2.24, 2.45) is 0 Å². The van der Waals surface area contributed by atoms with Gasteiger partial charge in [-0.1, -0.05) is 30.3 Å². The third-order valence-electron chi connectivity index (χ3n) is 4.78. The highest BCUT2D eigenvalue weighted by molar-refractivity contribution is 8.26. The average molecular weight is 439 g/mol. The Morgan fingerprint density at radius 1 is 1.03 bits per heavy atom. The highest BCUT2D eigenvalue weighted by Crippen LogP contribution is 2.21. The van der Waals surface area contributed by atoms with Gasteiger partial charge in [0.25, 0.3) is 5.24 Å². The third-order valence-corrected chi connectivity index (χ3v) is 5.57. The summed E-state index contributed by atoms with van der Waals surface area (Å²) < 4.78 is 17.2. The number of ether oxygens (including phenoxy) is 2. The molecule has 1 aromatic heterocycles. The fourth-order valence-corrected chi connectivity index (χ4v) is 3.86. The summed E-state index contributed by atoms with van der Waals surface area (Å²) >= 11 is 0.729. The maximum Gasteiger partial charge on any atom is 0.287 e. The van der Waals surface area contributed by atoms with Crippen molar-refractivity contribution in [3.63, 3.8) is 0 Å². The first-order valence-electron chi connectivity index (χ1n) is 9.94. The van der Waals surface area contributed by atoms with Crippen LogP contribution in [0.2, 0.25) is 0 Å². The van der Waals surface area contributed by atoms with Crippen molar-refractivity contribution in [1.29, 1.82) is 0 Å². The van der Waals surface area contributed by atoms with Gasteiger partial charge in [-0.2, -0.15) is 0 Å². The molecule has 1 aliphatic heterocycles. The molecule has 3 aromatic rings. The molecule has 8 heteroatoms. The number of carbonyl (C=O) groups excluding carboxylic acids is 2. The van der Waals surface area contributed by atoms with Crippen LogP contribution >= 0.6 is 11.8 Å². The molecule has 4 rings (SSSR count). The van der Waals surface area contributed by atoms with E-state index in [9.17, 15) is 9.59 Å². The van der Waals surface area contributed by atoms with E-state index < -0.39 is 6.04 Å². The number of nitrogens with one attached hydrogen (secondary N) is 1.